The minimum atomic E-state index is -0.699. The van der Waals surface area contributed by atoms with E-state index in [-0.39, 0.29) is 5.04 Å². The van der Waals surface area contributed by atoms with Crippen LogP contribution in [0.1, 0.15) is 47.5 Å². The summed E-state index contributed by atoms with van der Waals surface area (Å²) in [5.41, 5.74) is -1.11. The number of carboxylic acids is 1. The van der Waals surface area contributed by atoms with E-state index in [2.05, 4.69) is 20.8 Å². The minimum Gasteiger partial charge on any atom is -0.481 e. The van der Waals surface area contributed by atoms with Crippen molar-refractivity contribution in [2.24, 2.45) is 5.41 Å². The summed E-state index contributed by atoms with van der Waals surface area (Å²) < 4.78 is 5.94. The zero-order valence-corrected chi connectivity index (χ0v) is 11.8. The lowest BCUT2D eigenvalue weighted by Crippen LogP contribution is -2.43. The van der Waals surface area contributed by atoms with Crippen molar-refractivity contribution < 1.29 is 14.3 Å². The standard InChI is InChI=1S/C11H22O3Si/c1-9(2,3)15-14-10(4,5)11(6-7-11)8(12)13/h6-7,15H2,1-5H3,(H,12,13). The van der Waals surface area contributed by atoms with Gasteiger partial charge >= 0.3 is 5.97 Å². The van der Waals surface area contributed by atoms with Crippen LogP contribution in [0.4, 0.5) is 0 Å². The zero-order chi connectivity index (χ0) is 11.9. The molecule has 0 heterocycles. The van der Waals surface area contributed by atoms with Gasteiger partial charge in [-0.25, -0.2) is 0 Å². The fraction of sp³-hybridized carbons (Fsp3) is 0.909. The zero-order valence-electron chi connectivity index (χ0n) is 10.4. The molecule has 0 saturated heterocycles. The lowest BCUT2D eigenvalue weighted by molar-refractivity contribution is -0.151. The fourth-order valence-electron chi connectivity index (χ4n) is 1.73. The molecule has 1 saturated carbocycles. The Morgan fingerprint density at radius 1 is 1.27 bits per heavy atom. The van der Waals surface area contributed by atoms with Crippen LogP contribution in [-0.2, 0) is 9.22 Å². The lowest BCUT2D eigenvalue weighted by atomic mass is 9.88. The second-order valence-corrected chi connectivity index (χ2v) is 8.95. The van der Waals surface area contributed by atoms with Crippen LogP contribution in [0.5, 0.6) is 0 Å². The second-order valence-electron chi connectivity index (χ2n) is 6.25. The maximum absolute atomic E-state index is 11.2. The quantitative estimate of drug-likeness (QED) is 0.751. The average molecular weight is 230 g/mol. The molecule has 1 fully saturated rings. The molecule has 0 aliphatic heterocycles. The number of aliphatic carboxylic acids is 1. The third kappa shape index (κ3) is 2.61. The summed E-state index contributed by atoms with van der Waals surface area (Å²) >= 11 is 0. The molecule has 0 aromatic heterocycles. The Labute approximate surface area is 94.1 Å². The first-order chi connectivity index (χ1) is 6.61. The number of rotatable bonds is 4. The number of hydrogen-bond acceptors (Lipinski definition) is 2. The van der Waals surface area contributed by atoms with Gasteiger partial charge in [-0.15, -0.1) is 0 Å². The van der Waals surface area contributed by atoms with Gasteiger partial charge in [-0.3, -0.25) is 4.79 Å². The van der Waals surface area contributed by atoms with Gasteiger partial charge in [0.05, 0.1) is 11.0 Å². The number of carbonyl (C=O) groups is 1. The Morgan fingerprint density at radius 2 is 1.73 bits per heavy atom. The van der Waals surface area contributed by atoms with Crippen molar-refractivity contribution >= 4 is 15.7 Å². The first-order valence-electron chi connectivity index (χ1n) is 5.48. The van der Waals surface area contributed by atoms with Crippen LogP contribution in [0.15, 0.2) is 0 Å². The summed E-state index contributed by atoms with van der Waals surface area (Å²) in [5, 5.41) is 9.42. The van der Waals surface area contributed by atoms with E-state index in [0.29, 0.717) is 0 Å². The van der Waals surface area contributed by atoms with Gasteiger partial charge in [0.2, 0.25) is 0 Å². The van der Waals surface area contributed by atoms with Crippen molar-refractivity contribution in [3.05, 3.63) is 0 Å². The third-order valence-corrected chi connectivity index (χ3v) is 4.91. The van der Waals surface area contributed by atoms with Crippen LogP contribution in [0, 0.1) is 5.41 Å². The average Bonchev–Trinajstić information content (AvgIpc) is 2.79. The highest BCUT2D eigenvalue weighted by atomic mass is 28.2. The molecule has 1 N–H and O–H groups in total. The van der Waals surface area contributed by atoms with Crippen LogP contribution >= 0.6 is 0 Å². The molecule has 88 valence electrons. The molecule has 0 bridgehead atoms. The van der Waals surface area contributed by atoms with E-state index in [9.17, 15) is 9.90 Å². The molecule has 1 aliphatic carbocycles. The van der Waals surface area contributed by atoms with Gasteiger partial charge in [0.25, 0.3) is 0 Å². The molecular formula is C11H22O3Si. The predicted octanol–water partition coefficient (Wildman–Crippen LogP) is 1.95. The second kappa shape index (κ2) is 3.59. The Kier molecular flexibility index (Phi) is 3.05. The van der Waals surface area contributed by atoms with E-state index in [1.165, 1.54) is 0 Å². The molecule has 0 amide bonds. The van der Waals surface area contributed by atoms with Crippen LogP contribution in [-0.4, -0.2) is 26.4 Å². The highest BCUT2D eigenvalue weighted by molar-refractivity contribution is 6.31. The molecule has 0 radical (unpaired) electrons. The highest BCUT2D eigenvalue weighted by Crippen LogP contribution is 2.55. The summed E-state index contributed by atoms with van der Waals surface area (Å²) in [6.45, 7) is 10.3. The number of hydrogen-bond donors (Lipinski definition) is 1. The molecule has 15 heavy (non-hydrogen) atoms. The van der Waals surface area contributed by atoms with E-state index in [1.54, 1.807) is 0 Å². The van der Waals surface area contributed by atoms with E-state index in [4.69, 9.17) is 4.43 Å². The van der Waals surface area contributed by atoms with Gasteiger partial charge in [-0.05, 0) is 31.7 Å². The molecular weight excluding hydrogens is 208 g/mol. The van der Waals surface area contributed by atoms with Gasteiger partial charge in [-0.1, -0.05) is 20.8 Å². The topological polar surface area (TPSA) is 46.5 Å². The molecule has 0 atom stereocenters. The molecule has 1 rings (SSSR count). The predicted molar refractivity (Wildman–Crippen MR) is 62.7 cm³/mol. The van der Waals surface area contributed by atoms with Crippen molar-refractivity contribution in [2.45, 2.75) is 58.1 Å². The maximum atomic E-state index is 11.2. The van der Waals surface area contributed by atoms with Crippen molar-refractivity contribution in [1.82, 2.24) is 0 Å². The van der Waals surface area contributed by atoms with Crippen molar-refractivity contribution in [2.75, 3.05) is 0 Å². The summed E-state index contributed by atoms with van der Waals surface area (Å²) in [7, 11) is -0.690. The summed E-state index contributed by atoms with van der Waals surface area (Å²) in [4.78, 5) is 11.2. The fourth-order valence-corrected chi connectivity index (χ4v) is 2.80. The Morgan fingerprint density at radius 3 is 2.00 bits per heavy atom. The van der Waals surface area contributed by atoms with E-state index in [0.717, 1.165) is 12.8 Å². The Bertz CT molecular complexity index is 261. The SMILES string of the molecule is CC(C)(C)[SiH2]OC(C)(C)C1(C(=O)O)CC1. The highest BCUT2D eigenvalue weighted by Gasteiger charge is 2.61. The molecule has 4 heteroatoms. The summed E-state index contributed by atoms with van der Waals surface area (Å²) in [6.07, 6.45) is 1.52. The summed E-state index contributed by atoms with van der Waals surface area (Å²) in [5.74, 6) is -0.699. The molecule has 0 aromatic carbocycles. The van der Waals surface area contributed by atoms with Gasteiger partial charge < -0.3 is 9.53 Å². The largest absolute Gasteiger partial charge is 0.481 e. The van der Waals surface area contributed by atoms with E-state index >= 15 is 0 Å². The Hall–Kier alpha value is -0.353. The minimum absolute atomic E-state index is 0.214. The van der Waals surface area contributed by atoms with Gasteiger partial charge in [-0.2, -0.15) is 0 Å². The van der Waals surface area contributed by atoms with E-state index in [1.807, 2.05) is 13.8 Å². The van der Waals surface area contributed by atoms with Crippen molar-refractivity contribution in [1.29, 1.82) is 0 Å². The maximum Gasteiger partial charge on any atom is 0.312 e. The monoisotopic (exact) mass is 230 g/mol. The third-order valence-electron chi connectivity index (χ3n) is 3.18. The van der Waals surface area contributed by atoms with Crippen LogP contribution < -0.4 is 0 Å². The molecule has 0 spiro atoms. The lowest BCUT2D eigenvalue weighted by Gasteiger charge is -2.35. The Balaban J connectivity index is 2.64. The molecule has 0 aromatic rings. The van der Waals surface area contributed by atoms with Crippen molar-refractivity contribution in [3.8, 4) is 0 Å². The van der Waals surface area contributed by atoms with Crippen molar-refractivity contribution in [3.63, 3.8) is 0 Å². The molecule has 1 aliphatic rings. The van der Waals surface area contributed by atoms with Crippen LogP contribution in [0.2, 0.25) is 5.04 Å². The van der Waals surface area contributed by atoms with Crippen LogP contribution in [0.3, 0.4) is 0 Å². The molecule has 0 unspecified atom stereocenters. The molecule has 3 nitrogen and oxygen atoms in total. The number of carboxylic acid groups (broad SMARTS) is 1. The van der Waals surface area contributed by atoms with Gasteiger partial charge in [0.1, 0.15) is 0 Å². The summed E-state index contributed by atoms with van der Waals surface area (Å²) in [6, 6.07) is 0. The van der Waals surface area contributed by atoms with E-state index < -0.39 is 26.7 Å². The normalized spacial score (nSPS) is 20.9. The first-order valence-corrected chi connectivity index (χ1v) is 6.77. The van der Waals surface area contributed by atoms with Crippen LogP contribution in [0.25, 0.3) is 0 Å². The smallest absolute Gasteiger partial charge is 0.312 e. The van der Waals surface area contributed by atoms with Gasteiger partial charge in [0.15, 0.2) is 9.76 Å². The van der Waals surface area contributed by atoms with Gasteiger partial charge in [0, 0.05) is 0 Å². The first kappa shape index (κ1) is 12.7.